The van der Waals surface area contributed by atoms with Crippen LogP contribution in [0.25, 0.3) is 10.2 Å². The van der Waals surface area contributed by atoms with Crippen LogP contribution in [0.15, 0.2) is 65.7 Å². The summed E-state index contributed by atoms with van der Waals surface area (Å²) in [4.78, 5) is 31.4. The minimum atomic E-state index is -0.131. The summed E-state index contributed by atoms with van der Waals surface area (Å²) in [6.45, 7) is 5.03. The molecule has 0 aliphatic carbocycles. The van der Waals surface area contributed by atoms with Gasteiger partial charge in [0.25, 0.3) is 5.56 Å². The van der Waals surface area contributed by atoms with Gasteiger partial charge in [0.15, 0.2) is 0 Å². The summed E-state index contributed by atoms with van der Waals surface area (Å²) in [5, 5.41) is 3.58. The highest BCUT2D eigenvalue weighted by Gasteiger charge is 2.13. The first-order valence-electron chi connectivity index (χ1n) is 10.5. The Kier molecular flexibility index (Phi) is 6.66. The fourth-order valence-corrected chi connectivity index (χ4v) is 4.45. The number of aryl methyl sites for hydroxylation is 3. The third kappa shape index (κ3) is 4.89. The molecule has 0 saturated carbocycles. The van der Waals surface area contributed by atoms with Crippen LogP contribution in [0.1, 0.15) is 28.0 Å². The van der Waals surface area contributed by atoms with E-state index in [4.69, 9.17) is 4.74 Å². The van der Waals surface area contributed by atoms with E-state index in [0.717, 1.165) is 32.1 Å². The summed E-state index contributed by atoms with van der Waals surface area (Å²) in [7, 11) is 0. The maximum absolute atomic E-state index is 12.8. The van der Waals surface area contributed by atoms with E-state index in [-0.39, 0.29) is 24.4 Å². The second-order valence-corrected chi connectivity index (χ2v) is 8.82. The molecule has 1 amide bonds. The summed E-state index contributed by atoms with van der Waals surface area (Å²) in [6.07, 6.45) is 1.72. The lowest BCUT2D eigenvalue weighted by Crippen LogP contribution is -2.27. The fraction of sp³-hybridized carbons (Fsp3) is 0.240. The molecular formula is C25H25N3O3S. The first-order chi connectivity index (χ1) is 15.5. The molecular weight excluding hydrogens is 422 g/mol. The van der Waals surface area contributed by atoms with E-state index in [9.17, 15) is 9.59 Å². The van der Waals surface area contributed by atoms with Crippen molar-refractivity contribution < 1.29 is 9.53 Å². The van der Waals surface area contributed by atoms with Crippen LogP contribution in [0.2, 0.25) is 0 Å². The SMILES string of the molecule is Cc1sc2ncn(CCC(=O)NCc3ccccc3OCc3ccccc3)c(=O)c2c1C. The van der Waals surface area contributed by atoms with Crippen LogP contribution in [0.3, 0.4) is 0 Å². The van der Waals surface area contributed by atoms with Crippen LogP contribution in [0.5, 0.6) is 5.75 Å². The quantitative estimate of drug-likeness (QED) is 0.436. The average Bonchev–Trinajstić information content (AvgIpc) is 3.11. The molecule has 2 heterocycles. The summed E-state index contributed by atoms with van der Waals surface area (Å²) in [6, 6.07) is 17.6. The number of rotatable bonds is 8. The number of hydrogen-bond donors (Lipinski definition) is 1. The zero-order valence-corrected chi connectivity index (χ0v) is 18.9. The minimum Gasteiger partial charge on any atom is -0.489 e. The minimum absolute atomic E-state index is 0.0932. The average molecular weight is 448 g/mol. The number of fused-ring (bicyclic) bond motifs is 1. The van der Waals surface area contributed by atoms with E-state index in [0.29, 0.717) is 18.5 Å². The van der Waals surface area contributed by atoms with Crippen LogP contribution in [0, 0.1) is 13.8 Å². The molecule has 0 bridgehead atoms. The van der Waals surface area contributed by atoms with Crippen LogP contribution < -0.4 is 15.6 Å². The van der Waals surface area contributed by atoms with Crippen molar-refractivity contribution in [3.63, 3.8) is 0 Å². The van der Waals surface area contributed by atoms with Gasteiger partial charge in [0.2, 0.25) is 5.91 Å². The van der Waals surface area contributed by atoms with Gasteiger partial charge in [-0.25, -0.2) is 4.98 Å². The number of nitrogens with zero attached hydrogens (tertiary/aromatic N) is 2. The summed E-state index contributed by atoms with van der Waals surface area (Å²) in [5.41, 5.74) is 2.86. The molecule has 0 aliphatic heterocycles. The highest BCUT2D eigenvalue weighted by Crippen LogP contribution is 2.25. The molecule has 7 heteroatoms. The van der Waals surface area contributed by atoms with E-state index in [1.165, 1.54) is 22.2 Å². The van der Waals surface area contributed by atoms with Crippen molar-refractivity contribution in [2.45, 2.75) is 40.0 Å². The van der Waals surface area contributed by atoms with E-state index >= 15 is 0 Å². The Bertz CT molecular complexity index is 1300. The van der Waals surface area contributed by atoms with E-state index in [1.807, 2.05) is 68.4 Å². The van der Waals surface area contributed by atoms with Gasteiger partial charge in [-0.2, -0.15) is 0 Å². The number of aromatic nitrogens is 2. The smallest absolute Gasteiger partial charge is 0.262 e. The zero-order chi connectivity index (χ0) is 22.5. The van der Waals surface area contributed by atoms with Crippen LogP contribution >= 0.6 is 11.3 Å². The number of para-hydroxylation sites is 1. The van der Waals surface area contributed by atoms with Crippen molar-refractivity contribution in [3.05, 3.63) is 92.8 Å². The molecule has 0 saturated heterocycles. The van der Waals surface area contributed by atoms with Crippen LogP contribution in [0.4, 0.5) is 0 Å². The number of carbonyl (C=O) groups excluding carboxylic acids is 1. The number of nitrogens with one attached hydrogen (secondary N) is 1. The maximum atomic E-state index is 12.8. The molecule has 0 fully saturated rings. The van der Waals surface area contributed by atoms with Gasteiger partial charge in [0.1, 0.15) is 17.2 Å². The van der Waals surface area contributed by atoms with Gasteiger partial charge in [0.05, 0.1) is 11.7 Å². The second-order valence-electron chi connectivity index (χ2n) is 7.62. The Morgan fingerprint density at radius 3 is 2.66 bits per heavy atom. The Labute approximate surface area is 190 Å². The molecule has 2 aromatic heterocycles. The predicted octanol–water partition coefficient (Wildman–Crippen LogP) is 4.36. The first-order valence-corrected chi connectivity index (χ1v) is 11.3. The largest absolute Gasteiger partial charge is 0.489 e. The van der Waals surface area contributed by atoms with Crippen LogP contribution in [-0.2, 0) is 24.5 Å². The molecule has 0 radical (unpaired) electrons. The number of ether oxygens (including phenoxy) is 1. The van der Waals surface area contributed by atoms with Crippen molar-refractivity contribution in [1.82, 2.24) is 14.9 Å². The lowest BCUT2D eigenvalue weighted by molar-refractivity contribution is -0.121. The van der Waals surface area contributed by atoms with Gasteiger partial charge in [-0.05, 0) is 31.0 Å². The van der Waals surface area contributed by atoms with Crippen molar-refractivity contribution >= 4 is 27.5 Å². The number of thiophene rings is 1. The normalized spacial score (nSPS) is 10.9. The van der Waals surface area contributed by atoms with Gasteiger partial charge in [0, 0.05) is 30.0 Å². The van der Waals surface area contributed by atoms with Gasteiger partial charge in [-0.1, -0.05) is 48.5 Å². The summed E-state index contributed by atoms with van der Waals surface area (Å²) >= 11 is 1.52. The lowest BCUT2D eigenvalue weighted by atomic mass is 10.2. The monoisotopic (exact) mass is 447 g/mol. The molecule has 1 N–H and O–H groups in total. The highest BCUT2D eigenvalue weighted by molar-refractivity contribution is 7.18. The van der Waals surface area contributed by atoms with Crippen LogP contribution in [-0.4, -0.2) is 15.5 Å². The van der Waals surface area contributed by atoms with Crippen molar-refractivity contribution in [2.75, 3.05) is 0 Å². The number of carbonyl (C=O) groups is 1. The summed E-state index contributed by atoms with van der Waals surface area (Å²) in [5.74, 6) is 0.610. The van der Waals surface area contributed by atoms with E-state index < -0.39 is 0 Å². The molecule has 32 heavy (non-hydrogen) atoms. The molecule has 0 unspecified atom stereocenters. The first kappa shape index (κ1) is 21.8. The van der Waals surface area contributed by atoms with Crippen molar-refractivity contribution in [1.29, 1.82) is 0 Å². The standard InChI is InChI=1S/C25H25N3O3S/c1-17-18(2)32-24-23(17)25(30)28(16-27-24)13-12-22(29)26-14-20-10-6-7-11-21(20)31-15-19-8-4-3-5-9-19/h3-11,16H,12-15H2,1-2H3,(H,26,29). The number of benzene rings is 2. The molecule has 164 valence electrons. The fourth-order valence-electron chi connectivity index (χ4n) is 3.46. The van der Waals surface area contributed by atoms with Gasteiger partial charge in [-0.3, -0.25) is 14.2 Å². The van der Waals surface area contributed by atoms with Crippen molar-refractivity contribution in [2.24, 2.45) is 0 Å². The van der Waals surface area contributed by atoms with Gasteiger partial charge in [-0.15, -0.1) is 11.3 Å². The summed E-state index contributed by atoms with van der Waals surface area (Å²) < 4.78 is 7.46. The van der Waals surface area contributed by atoms with Crippen molar-refractivity contribution in [3.8, 4) is 5.75 Å². The number of amides is 1. The molecule has 4 rings (SSSR count). The lowest BCUT2D eigenvalue weighted by Gasteiger charge is -2.12. The zero-order valence-electron chi connectivity index (χ0n) is 18.1. The Morgan fingerprint density at radius 1 is 1.09 bits per heavy atom. The van der Waals surface area contributed by atoms with Gasteiger partial charge < -0.3 is 10.1 Å². The molecule has 0 atom stereocenters. The Hall–Kier alpha value is -3.45. The molecule has 0 spiro atoms. The molecule has 2 aromatic carbocycles. The predicted molar refractivity (Wildman–Crippen MR) is 127 cm³/mol. The highest BCUT2D eigenvalue weighted by atomic mass is 32.1. The Balaban J connectivity index is 1.35. The third-order valence-electron chi connectivity index (χ3n) is 5.42. The van der Waals surface area contributed by atoms with E-state index in [1.54, 1.807) is 0 Å². The molecule has 0 aliphatic rings. The number of hydrogen-bond acceptors (Lipinski definition) is 5. The molecule has 4 aromatic rings. The second kappa shape index (κ2) is 9.78. The third-order valence-corrected chi connectivity index (χ3v) is 6.54. The van der Waals surface area contributed by atoms with Gasteiger partial charge >= 0.3 is 0 Å². The maximum Gasteiger partial charge on any atom is 0.262 e. The Morgan fingerprint density at radius 2 is 1.84 bits per heavy atom. The molecule has 6 nitrogen and oxygen atoms in total. The van der Waals surface area contributed by atoms with E-state index in [2.05, 4.69) is 10.3 Å². The topological polar surface area (TPSA) is 73.2 Å².